The number of hydrogen-bond acceptors (Lipinski definition) is 2. The number of rotatable bonds is 4. The van der Waals surface area contributed by atoms with Crippen LogP contribution in [0.3, 0.4) is 0 Å². The van der Waals surface area contributed by atoms with E-state index in [1.54, 1.807) is 6.92 Å². The summed E-state index contributed by atoms with van der Waals surface area (Å²) in [5.74, 6) is -1.77. The molecule has 1 aromatic rings. The molecule has 1 aromatic carbocycles. The van der Waals surface area contributed by atoms with E-state index in [-0.39, 0.29) is 23.0 Å². The van der Waals surface area contributed by atoms with Crippen LogP contribution in [0.25, 0.3) is 0 Å². The van der Waals surface area contributed by atoms with E-state index in [1.807, 2.05) is 0 Å². The molecule has 0 bridgehead atoms. The first-order valence-corrected chi connectivity index (χ1v) is 5.43. The largest absolute Gasteiger partial charge is 0.355 e. The van der Waals surface area contributed by atoms with Crippen molar-refractivity contribution in [2.24, 2.45) is 0 Å². The van der Waals surface area contributed by atoms with Gasteiger partial charge in [-0.1, -0.05) is 17.7 Å². The van der Waals surface area contributed by atoms with Crippen LogP contribution in [0.5, 0.6) is 0 Å². The highest BCUT2D eigenvalue weighted by Crippen LogP contribution is 2.18. The summed E-state index contributed by atoms with van der Waals surface area (Å²) in [6, 6.07) is 3.94. The van der Waals surface area contributed by atoms with Crippen LogP contribution in [0.4, 0.5) is 4.39 Å². The number of nitrogens with one attached hydrogen (secondary N) is 2. The molecule has 0 aromatic heterocycles. The van der Waals surface area contributed by atoms with Gasteiger partial charge in [0.2, 0.25) is 5.91 Å². The Hall–Kier alpha value is -1.62. The number of halogens is 2. The Kier molecular flexibility index (Phi) is 4.90. The third kappa shape index (κ3) is 3.71. The van der Waals surface area contributed by atoms with Crippen LogP contribution >= 0.6 is 11.6 Å². The Morgan fingerprint density at radius 1 is 1.35 bits per heavy atom. The van der Waals surface area contributed by atoms with Crippen molar-refractivity contribution in [3.05, 3.63) is 34.6 Å². The maximum absolute atomic E-state index is 13.3. The lowest BCUT2D eigenvalue weighted by molar-refractivity contribution is -0.120. The molecule has 0 radical (unpaired) electrons. The average Bonchev–Trinajstić information content (AvgIpc) is 2.26. The highest BCUT2D eigenvalue weighted by atomic mass is 35.5. The van der Waals surface area contributed by atoms with E-state index in [0.717, 1.165) is 6.07 Å². The summed E-state index contributed by atoms with van der Waals surface area (Å²) >= 11 is 5.70. The van der Waals surface area contributed by atoms with E-state index < -0.39 is 11.7 Å². The number of carbonyl (C=O) groups is 2. The standard InChI is InChI=1S/C11H12ClFN2O2/c1-2-14-9(16)6-15-11(17)10-7(12)4-3-5-8(10)13/h3-5H,2,6H2,1H3,(H,14,16)(H,15,17). The van der Waals surface area contributed by atoms with Gasteiger partial charge in [-0.2, -0.15) is 0 Å². The van der Waals surface area contributed by atoms with Crippen LogP contribution in [0.1, 0.15) is 17.3 Å². The SMILES string of the molecule is CCNC(=O)CNC(=O)c1c(F)cccc1Cl. The van der Waals surface area contributed by atoms with Crippen molar-refractivity contribution in [2.75, 3.05) is 13.1 Å². The van der Waals surface area contributed by atoms with E-state index in [1.165, 1.54) is 12.1 Å². The Labute approximate surface area is 103 Å². The first kappa shape index (κ1) is 13.4. The van der Waals surface area contributed by atoms with Crippen LogP contribution in [-0.2, 0) is 4.79 Å². The molecule has 2 N–H and O–H groups in total. The van der Waals surface area contributed by atoms with E-state index in [4.69, 9.17) is 11.6 Å². The smallest absolute Gasteiger partial charge is 0.256 e. The zero-order valence-corrected chi connectivity index (χ0v) is 9.97. The molecular formula is C11H12ClFN2O2. The van der Waals surface area contributed by atoms with Crippen LogP contribution in [0.15, 0.2) is 18.2 Å². The molecule has 17 heavy (non-hydrogen) atoms. The highest BCUT2D eigenvalue weighted by molar-refractivity contribution is 6.33. The Morgan fingerprint density at radius 3 is 2.65 bits per heavy atom. The highest BCUT2D eigenvalue weighted by Gasteiger charge is 2.15. The lowest BCUT2D eigenvalue weighted by Gasteiger charge is -2.07. The number of amides is 2. The molecule has 6 heteroatoms. The average molecular weight is 259 g/mol. The fourth-order valence-electron chi connectivity index (χ4n) is 1.22. The molecule has 0 spiro atoms. The molecule has 0 heterocycles. The van der Waals surface area contributed by atoms with E-state index in [0.29, 0.717) is 6.54 Å². The topological polar surface area (TPSA) is 58.2 Å². The van der Waals surface area contributed by atoms with Gasteiger partial charge in [0, 0.05) is 6.54 Å². The second kappa shape index (κ2) is 6.20. The number of benzene rings is 1. The fourth-order valence-corrected chi connectivity index (χ4v) is 1.47. The summed E-state index contributed by atoms with van der Waals surface area (Å²) in [6.45, 7) is 2.01. The van der Waals surface area contributed by atoms with Crippen molar-refractivity contribution in [2.45, 2.75) is 6.92 Å². The van der Waals surface area contributed by atoms with Crippen molar-refractivity contribution >= 4 is 23.4 Å². The Balaban J connectivity index is 2.68. The maximum atomic E-state index is 13.3. The van der Waals surface area contributed by atoms with Gasteiger partial charge in [-0.05, 0) is 19.1 Å². The number of carbonyl (C=O) groups excluding carboxylic acids is 2. The van der Waals surface area contributed by atoms with Crippen molar-refractivity contribution in [3.63, 3.8) is 0 Å². The van der Waals surface area contributed by atoms with Crippen molar-refractivity contribution < 1.29 is 14.0 Å². The molecule has 92 valence electrons. The minimum absolute atomic E-state index is 0.0124. The van der Waals surface area contributed by atoms with Gasteiger partial charge in [0.15, 0.2) is 0 Å². The monoisotopic (exact) mass is 258 g/mol. The minimum atomic E-state index is -0.717. The van der Waals surface area contributed by atoms with Gasteiger partial charge >= 0.3 is 0 Å². The normalized spacial score (nSPS) is 9.82. The van der Waals surface area contributed by atoms with Crippen molar-refractivity contribution in [1.29, 1.82) is 0 Å². The maximum Gasteiger partial charge on any atom is 0.256 e. The van der Waals surface area contributed by atoms with Gasteiger partial charge in [0.1, 0.15) is 5.82 Å². The predicted molar refractivity (Wildman–Crippen MR) is 62.4 cm³/mol. The van der Waals surface area contributed by atoms with E-state index in [9.17, 15) is 14.0 Å². The molecule has 4 nitrogen and oxygen atoms in total. The summed E-state index contributed by atoms with van der Waals surface area (Å²) in [7, 11) is 0. The van der Waals surface area contributed by atoms with Crippen LogP contribution in [0, 0.1) is 5.82 Å². The molecule has 0 fully saturated rings. The molecule has 0 aliphatic heterocycles. The Morgan fingerprint density at radius 2 is 2.06 bits per heavy atom. The number of likely N-dealkylation sites (N-methyl/N-ethyl adjacent to an activating group) is 1. The van der Waals surface area contributed by atoms with Gasteiger partial charge < -0.3 is 10.6 Å². The van der Waals surface area contributed by atoms with Crippen molar-refractivity contribution in [3.8, 4) is 0 Å². The number of hydrogen-bond donors (Lipinski definition) is 2. The molecule has 0 aliphatic carbocycles. The van der Waals surface area contributed by atoms with Crippen LogP contribution in [0.2, 0.25) is 5.02 Å². The Bertz CT molecular complexity index is 417. The molecule has 1 rings (SSSR count). The third-order valence-corrected chi connectivity index (χ3v) is 2.29. The summed E-state index contributed by atoms with van der Waals surface area (Å²) < 4.78 is 13.3. The van der Waals surface area contributed by atoms with Gasteiger partial charge in [-0.15, -0.1) is 0 Å². The first-order chi connectivity index (χ1) is 8.06. The second-order valence-electron chi connectivity index (χ2n) is 3.23. The van der Waals surface area contributed by atoms with E-state index in [2.05, 4.69) is 10.6 Å². The summed E-state index contributed by atoms with van der Waals surface area (Å²) in [5, 5.41) is 4.80. The zero-order chi connectivity index (χ0) is 12.8. The molecule has 0 unspecified atom stereocenters. The quantitative estimate of drug-likeness (QED) is 0.856. The predicted octanol–water partition coefficient (Wildman–Crippen LogP) is 1.34. The van der Waals surface area contributed by atoms with Crippen LogP contribution < -0.4 is 10.6 Å². The molecule has 0 aliphatic rings. The summed E-state index contributed by atoms with van der Waals surface area (Å²) in [4.78, 5) is 22.7. The fraction of sp³-hybridized carbons (Fsp3) is 0.273. The molecular weight excluding hydrogens is 247 g/mol. The zero-order valence-electron chi connectivity index (χ0n) is 9.22. The van der Waals surface area contributed by atoms with Gasteiger partial charge in [0.05, 0.1) is 17.1 Å². The second-order valence-corrected chi connectivity index (χ2v) is 3.64. The first-order valence-electron chi connectivity index (χ1n) is 5.05. The molecule has 0 saturated carbocycles. The van der Waals surface area contributed by atoms with E-state index >= 15 is 0 Å². The van der Waals surface area contributed by atoms with Gasteiger partial charge in [0.25, 0.3) is 5.91 Å². The van der Waals surface area contributed by atoms with Crippen molar-refractivity contribution in [1.82, 2.24) is 10.6 Å². The molecule has 0 saturated heterocycles. The van der Waals surface area contributed by atoms with Crippen LogP contribution in [-0.4, -0.2) is 24.9 Å². The summed E-state index contributed by atoms with van der Waals surface area (Å²) in [5.41, 5.74) is -0.251. The van der Waals surface area contributed by atoms with Gasteiger partial charge in [-0.3, -0.25) is 9.59 Å². The lowest BCUT2D eigenvalue weighted by Crippen LogP contribution is -2.37. The third-order valence-electron chi connectivity index (χ3n) is 1.97. The molecule has 0 atom stereocenters. The molecule has 2 amide bonds. The minimum Gasteiger partial charge on any atom is -0.355 e. The summed E-state index contributed by atoms with van der Waals surface area (Å²) in [6.07, 6.45) is 0. The lowest BCUT2D eigenvalue weighted by atomic mass is 10.2. The van der Waals surface area contributed by atoms with Gasteiger partial charge in [-0.25, -0.2) is 4.39 Å².